The van der Waals surface area contributed by atoms with E-state index in [0.717, 1.165) is 25.9 Å². The van der Waals surface area contributed by atoms with Crippen molar-refractivity contribution in [2.45, 2.75) is 45.6 Å². The van der Waals surface area contributed by atoms with E-state index < -0.39 is 11.0 Å². The quantitative estimate of drug-likeness (QED) is 0.555. The summed E-state index contributed by atoms with van der Waals surface area (Å²) in [5.41, 5.74) is 0.110. The van der Waals surface area contributed by atoms with Gasteiger partial charge >= 0.3 is 6.03 Å². The summed E-state index contributed by atoms with van der Waals surface area (Å²) < 4.78 is 0. The number of benzene rings is 1. The number of carbonyl (C=O) groups is 1. The Balaban J connectivity index is 1.97. The van der Waals surface area contributed by atoms with Crippen molar-refractivity contribution in [3.63, 3.8) is 0 Å². The van der Waals surface area contributed by atoms with Crippen molar-refractivity contribution >= 4 is 17.4 Å². The summed E-state index contributed by atoms with van der Waals surface area (Å²) in [5.74, 6) is 0.532. The largest absolute Gasteiger partial charge is 0.336 e. The van der Waals surface area contributed by atoms with Crippen LogP contribution in [0.1, 0.15) is 39.5 Å². The number of nitrogens with zero attached hydrogens (tertiary/aromatic N) is 2. The Morgan fingerprint density at radius 1 is 1.24 bits per heavy atom. The van der Waals surface area contributed by atoms with Crippen LogP contribution >= 0.6 is 0 Å². The lowest BCUT2D eigenvalue weighted by molar-refractivity contribution is -0.383. The summed E-state index contributed by atoms with van der Waals surface area (Å²) in [7, 11) is 0. The molecule has 0 saturated carbocycles. The molecule has 7 nitrogen and oxygen atoms in total. The second-order valence-electron chi connectivity index (χ2n) is 6.50. The van der Waals surface area contributed by atoms with Crippen molar-refractivity contribution in [1.82, 2.24) is 10.2 Å². The Hall–Kier alpha value is -2.15. The van der Waals surface area contributed by atoms with Crippen molar-refractivity contribution in [1.29, 1.82) is 0 Å². The summed E-state index contributed by atoms with van der Waals surface area (Å²) in [6.07, 6.45) is 4.56. The number of hydrogen-bond acceptors (Lipinski definition) is 4. The topological polar surface area (TPSA) is 87.5 Å². The number of para-hydroxylation sites is 2. The molecule has 0 aliphatic carbocycles. The van der Waals surface area contributed by atoms with Crippen molar-refractivity contribution in [2.75, 3.05) is 25.0 Å². The predicted octanol–water partition coefficient (Wildman–Crippen LogP) is 3.62. The third kappa shape index (κ3) is 5.16. The third-order valence-electron chi connectivity index (χ3n) is 5.02. The fourth-order valence-corrected chi connectivity index (χ4v) is 3.60. The van der Waals surface area contributed by atoms with Crippen LogP contribution in [-0.2, 0) is 0 Å². The molecule has 2 rings (SSSR count). The molecule has 0 unspecified atom stereocenters. The fraction of sp³-hybridized carbons (Fsp3) is 0.611. The number of rotatable bonds is 8. The molecule has 1 atom stereocenters. The first kappa shape index (κ1) is 19.2. The number of likely N-dealkylation sites (tertiary alicyclic amines) is 1. The highest BCUT2D eigenvalue weighted by atomic mass is 16.6. The average molecular weight is 348 g/mol. The van der Waals surface area contributed by atoms with E-state index in [-0.39, 0.29) is 11.4 Å². The first-order valence-corrected chi connectivity index (χ1v) is 9.09. The minimum absolute atomic E-state index is 0.103. The molecule has 0 aromatic heterocycles. The molecule has 2 N–H and O–H groups in total. The maximum Gasteiger partial charge on any atom is 0.319 e. The van der Waals surface area contributed by atoms with E-state index in [1.807, 2.05) is 0 Å². The van der Waals surface area contributed by atoms with E-state index in [4.69, 9.17) is 0 Å². The van der Waals surface area contributed by atoms with Crippen molar-refractivity contribution in [3.05, 3.63) is 34.4 Å². The van der Waals surface area contributed by atoms with E-state index in [9.17, 15) is 14.9 Å². The van der Waals surface area contributed by atoms with Crippen LogP contribution in [0.2, 0.25) is 0 Å². The molecule has 1 aromatic rings. The second-order valence-corrected chi connectivity index (χ2v) is 6.50. The molecule has 1 fully saturated rings. The zero-order chi connectivity index (χ0) is 18.2. The molecule has 0 radical (unpaired) electrons. The van der Waals surface area contributed by atoms with Crippen LogP contribution in [0.25, 0.3) is 0 Å². The van der Waals surface area contributed by atoms with Gasteiger partial charge in [0.1, 0.15) is 5.69 Å². The minimum Gasteiger partial charge on any atom is -0.336 e. The zero-order valence-corrected chi connectivity index (χ0v) is 15.0. The fourth-order valence-electron chi connectivity index (χ4n) is 3.60. The standard InChI is InChI=1S/C18H28N4O3/c1-3-14(4-2)17(21-11-7-8-12-21)13-19-18(23)20-15-9-5-6-10-16(15)22(24)25/h5-6,9-10,14,17H,3-4,7-8,11-13H2,1-2H3,(H2,19,20,23)/t17-/m0/s1. The predicted molar refractivity (Wildman–Crippen MR) is 98.8 cm³/mol. The lowest BCUT2D eigenvalue weighted by atomic mass is 9.93. The molecule has 0 spiro atoms. The van der Waals surface area contributed by atoms with E-state index >= 15 is 0 Å². The summed E-state index contributed by atoms with van der Waals surface area (Å²) >= 11 is 0. The molecular formula is C18H28N4O3. The molecule has 138 valence electrons. The molecule has 0 bridgehead atoms. The summed E-state index contributed by atoms with van der Waals surface area (Å²) in [6, 6.07) is 6.08. The number of urea groups is 1. The molecule has 1 heterocycles. The smallest absolute Gasteiger partial charge is 0.319 e. The summed E-state index contributed by atoms with van der Waals surface area (Å²) in [6.45, 7) is 7.08. The Bertz CT molecular complexity index is 581. The van der Waals surface area contributed by atoms with E-state index in [2.05, 4.69) is 29.4 Å². The van der Waals surface area contributed by atoms with E-state index in [1.54, 1.807) is 12.1 Å². The highest BCUT2D eigenvalue weighted by molar-refractivity contribution is 5.91. The highest BCUT2D eigenvalue weighted by Gasteiger charge is 2.28. The van der Waals surface area contributed by atoms with Gasteiger partial charge in [0.25, 0.3) is 5.69 Å². The van der Waals surface area contributed by atoms with Gasteiger partial charge in [0.05, 0.1) is 4.92 Å². The van der Waals surface area contributed by atoms with Crippen LogP contribution in [0.4, 0.5) is 16.2 Å². The Kier molecular flexibility index (Phi) is 7.18. The second kappa shape index (κ2) is 9.36. The van der Waals surface area contributed by atoms with Gasteiger partial charge in [0.15, 0.2) is 0 Å². The molecule has 7 heteroatoms. The monoisotopic (exact) mass is 348 g/mol. The van der Waals surface area contributed by atoms with Gasteiger partial charge in [-0.1, -0.05) is 38.8 Å². The van der Waals surface area contributed by atoms with Crippen LogP contribution in [0.15, 0.2) is 24.3 Å². The first-order chi connectivity index (χ1) is 12.1. The minimum atomic E-state index is -0.493. The molecule has 25 heavy (non-hydrogen) atoms. The number of hydrogen-bond donors (Lipinski definition) is 2. The zero-order valence-electron chi connectivity index (χ0n) is 15.0. The van der Waals surface area contributed by atoms with Gasteiger partial charge in [-0.05, 0) is 37.9 Å². The van der Waals surface area contributed by atoms with Crippen LogP contribution < -0.4 is 10.6 Å². The maximum atomic E-state index is 12.2. The number of carbonyl (C=O) groups excluding carboxylic acids is 1. The molecule has 1 aliphatic rings. The van der Waals surface area contributed by atoms with E-state index in [1.165, 1.54) is 25.0 Å². The van der Waals surface area contributed by atoms with Gasteiger partial charge in [-0.2, -0.15) is 0 Å². The van der Waals surface area contributed by atoms with Gasteiger partial charge in [-0.15, -0.1) is 0 Å². The number of nitro groups is 1. The molecule has 1 saturated heterocycles. The first-order valence-electron chi connectivity index (χ1n) is 9.09. The lowest BCUT2D eigenvalue weighted by Gasteiger charge is -2.33. The van der Waals surface area contributed by atoms with Gasteiger partial charge in [-0.25, -0.2) is 4.79 Å². The van der Waals surface area contributed by atoms with Crippen LogP contribution in [0, 0.1) is 16.0 Å². The Labute approximate surface area is 148 Å². The van der Waals surface area contributed by atoms with Gasteiger partial charge in [0, 0.05) is 18.7 Å². The number of nitrogens with one attached hydrogen (secondary N) is 2. The maximum absolute atomic E-state index is 12.2. The number of nitro benzene ring substituents is 1. The van der Waals surface area contributed by atoms with Crippen LogP contribution in [0.3, 0.4) is 0 Å². The average Bonchev–Trinajstić information content (AvgIpc) is 3.13. The van der Waals surface area contributed by atoms with Crippen molar-refractivity contribution < 1.29 is 9.72 Å². The Morgan fingerprint density at radius 3 is 2.48 bits per heavy atom. The SMILES string of the molecule is CCC(CC)[C@H](CNC(=O)Nc1ccccc1[N+](=O)[O-])N1CCCC1. The normalized spacial score (nSPS) is 16.0. The number of anilines is 1. The lowest BCUT2D eigenvalue weighted by Crippen LogP contribution is -2.47. The number of amides is 2. The molecule has 1 aromatic carbocycles. The summed E-state index contributed by atoms with van der Waals surface area (Å²) in [4.78, 5) is 25.2. The molecular weight excluding hydrogens is 320 g/mol. The highest BCUT2D eigenvalue weighted by Crippen LogP contribution is 2.24. The summed E-state index contributed by atoms with van der Waals surface area (Å²) in [5, 5.41) is 16.5. The van der Waals surface area contributed by atoms with Crippen LogP contribution in [-0.4, -0.2) is 41.5 Å². The molecule has 1 aliphatic heterocycles. The van der Waals surface area contributed by atoms with Gasteiger partial charge < -0.3 is 10.6 Å². The van der Waals surface area contributed by atoms with Gasteiger partial charge in [-0.3, -0.25) is 15.0 Å². The third-order valence-corrected chi connectivity index (χ3v) is 5.02. The Morgan fingerprint density at radius 2 is 1.88 bits per heavy atom. The van der Waals surface area contributed by atoms with Crippen molar-refractivity contribution in [2.24, 2.45) is 5.92 Å². The van der Waals surface area contributed by atoms with Gasteiger partial charge in [0.2, 0.25) is 0 Å². The van der Waals surface area contributed by atoms with Crippen molar-refractivity contribution in [3.8, 4) is 0 Å². The van der Waals surface area contributed by atoms with E-state index in [0.29, 0.717) is 18.5 Å². The molecule has 2 amide bonds. The van der Waals surface area contributed by atoms with Crippen LogP contribution in [0.5, 0.6) is 0 Å².